The summed E-state index contributed by atoms with van der Waals surface area (Å²) in [4.78, 5) is 28.1. The lowest BCUT2D eigenvalue weighted by Gasteiger charge is -2.39. The highest BCUT2D eigenvalue weighted by atomic mass is 16.6. The summed E-state index contributed by atoms with van der Waals surface area (Å²) in [6, 6.07) is 11.6. The molecule has 0 bridgehead atoms. The zero-order chi connectivity index (χ0) is 22.0. The van der Waals surface area contributed by atoms with Gasteiger partial charge in [-0.3, -0.25) is 9.59 Å². The second-order valence-electron chi connectivity index (χ2n) is 9.14. The number of nitrogens with one attached hydrogen (secondary N) is 1. The molecule has 0 unspecified atom stereocenters. The maximum Gasteiger partial charge on any atom is 0.254 e. The maximum atomic E-state index is 13.8. The summed E-state index contributed by atoms with van der Waals surface area (Å²) in [6.07, 6.45) is 7.66. The Labute approximate surface area is 188 Å². The molecule has 3 aliphatic rings. The van der Waals surface area contributed by atoms with Crippen LogP contribution in [0.3, 0.4) is 0 Å². The minimum Gasteiger partial charge on any atom is -0.472 e. The quantitative estimate of drug-likeness (QED) is 0.794. The molecule has 2 atom stereocenters. The van der Waals surface area contributed by atoms with Crippen LogP contribution in [0.1, 0.15) is 48.0 Å². The van der Waals surface area contributed by atoms with Crippen molar-refractivity contribution in [3.63, 3.8) is 0 Å². The molecule has 1 aliphatic carbocycles. The van der Waals surface area contributed by atoms with E-state index in [-0.39, 0.29) is 30.1 Å². The van der Waals surface area contributed by atoms with Crippen LogP contribution in [0.5, 0.6) is 0 Å². The number of amides is 2. The number of benzene rings is 1. The number of likely N-dealkylation sites (tertiary alicyclic amines) is 1. The summed E-state index contributed by atoms with van der Waals surface area (Å²) in [6.45, 7) is 1.77. The maximum absolute atomic E-state index is 13.8. The van der Waals surface area contributed by atoms with Gasteiger partial charge < -0.3 is 24.1 Å². The number of hydrogen-bond donors (Lipinski definition) is 1. The van der Waals surface area contributed by atoms with Gasteiger partial charge in [0.05, 0.1) is 36.5 Å². The summed E-state index contributed by atoms with van der Waals surface area (Å²) >= 11 is 0. The lowest BCUT2D eigenvalue weighted by molar-refractivity contribution is -0.138. The summed E-state index contributed by atoms with van der Waals surface area (Å²) in [7, 11) is 0. The number of carbonyl (C=O) groups is 2. The highest BCUT2D eigenvalue weighted by Crippen LogP contribution is 2.42. The second-order valence-corrected chi connectivity index (χ2v) is 9.14. The van der Waals surface area contributed by atoms with E-state index in [2.05, 4.69) is 17.4 Å². The Morgan fingerprint density at radius 3 is 2.25 bits per heavy atom. The van der Waals surface area contributed by atoms with E-state index in [0.29, 0.717) is 31.9 Å². The average molecular weight is 439 g/mol. The predicted octanol–water partition coefficient (Wildman–Crippen LogP) is 2.91. The molecule has 2 amide bonds. The number of nitrogens with zero attached hydrogens (tertiary/aromatic N) is 1. The first-order valence-corrected chi connectivity index (χ1v) is 11.6. The Balaban J connectivity index is 1.24. The third-order valence-electron chi connectivity index (χ3n) is 7.09. The number of furan rings is 1. The van der Waals surface area contributed by atoms with Crippen molar-refractivity contribution in [1.82, 2.24) is 10.2 Å². The van der Waals surface area contributed by atoms with Gasteiger partial charge in [0, 0.05) is 13.1 Å². The van der Waals surface area contributed by atoms with Gasteiger partial charge >= 0.3 is 0 Å². The average Bonchev–Trinajstić information content (AvgIpc) is 3.48. The molecule has 2 aromatic rings. The molecule has 0 spiro atoms. The third-order valence-corrected chi connectivity index (χ3v) is 7.09. The van der Waals surface area contributed by atoms with Crippen molar-refractivity contribution in [2.75, 3.05) is 26.3 Å². The Kier molecular flexibility index (Phi) is 6.02. The SMILES string of the molecule is O=C(NC1CO[C@H]2CN(C(=O)C3(c4ccccc4)CCCCC3)C[C@@H]2OC1)c1ccoc1. The molecule has 7 nitrogen and oxygen atoms in total. The van der Waals surface area contributed by atoms with Crippen LogP contribution >= 0.6 is 0 Å². The molecular weight excluding hydrogens is 408 g/mol. The first kappa shape index (κ1) is 21.2. The van der Waals surface area contributed by atoms with E-state index < -0.39 is 5.41 Å². The lowest BCUT2D eigenvalue weighted by atomic mass is 9.68. The molecule has 2 aliphatic heterocycles. The van der Waals surface area contributed by atoms with Gasteiger partial charge in [-0.1, -0.05) is 49.6 Å². The fraction of sp³-hybridized carbons (Fsp3) is 0.520. The Morgan fingerprint density at radius 1 is 0.938 bits per heavy atom. The van der Waals surface area contributed by atoms with Crippen LogP contribution in [0.25, 0.3) is 0 Å². The van der Waals surface area contributed by atoms with Gasteiger partial charge in [-0.25, -0.2) is 0 Å². The van der Waals surface area contributed by atoms with E-state index in [4.69, 9.17) is 13.9 Å². The van der Waals surface area contributed by atoms with Crippen LogP contribution in [-0.2, 0) is 19.7 Å². The van der Waals surface area contributed by atoms with Crippen molar-refractivity contribution < 1.29 is 23.5 Å². The number of carbonyl (C=O) groups excluding carboxylic acids is 2. The van der Waals surface area contributed by atoms with Crippen LogP contribution in [0, 0.1) is 0 Å². The number of ether oxygens (including phenoxy) is 2. The largest absolute Gasteiger partial charge is 0.472 e. The van der Waals surface area contributed by atoms with E-state index in [0.717, 1.165) is 31.2 Å². The van der Waals surface area contributed by atoms with E-state index in [1.807, 2.05) is 23.1 Å². The highest BCUT2D eigenvalue weighted by Gasteiger charge is 2.48. The van der Waals surface area contributed by atoms with Crippen LogP contribution in [-0.4, -0.2) is 61.3 Å². The normalized spacial score (nSPS) is 25.7. The molecule has 32 heavy (non-hydrogen) atoms. The standard InChI is InChI=1S/C25H30N2O5/c28-23(18-9-12-30-15-18)26-20-16-31-21-13-27(14-22(21)32-17-20)24(29)25(10-5-2-6-11-25)19-7-3-1-4-8-19/h1,3-4,7-9,12,15,20-22H,2,5-6,10-11,13-14,16-17H2,(H,26,28)/t21-,22-/m0/s1. The van der Waals surface area contributed by atoms with Gasteiger partial charge in [0.25, 0.3) is 5.91 Å². The Bertz CT molecular complexity index is 907. The van der Waals surface area contributed by atoms with Gasteiger partial charge in [-0.05, 0) is 24.5 Å². The highest BCUT2D eigenvalue weighted by molar-refractivity contribution is 5.94. The summed E-state index contributed by atoms with van der Waals surface area (Å²) in [5.41, 5.74) is 1.16. The third kappa shape index (κ3) is 4.07. The predicted molar refractivity (Wildman–Crippen MR) is 117 cm³/mol. The van der Waals surface area contributed by atoms with Gasteiger partial charge in [-0.2, -0.15) is 0 Å². The van der Waals surface area contributed by atoms with Crippen LogP contribution in [0.4, 0.5) is 0 Å². The fourth-order valence-corrected chi connectivity index (χ4v) is 5.34. The van der Waals surface area contributed by atoms with Gasteiger partial charge in [0.15, 0.2) is 0 Å². The molecule has 1 aromatic carbocycles. The number of rotatable bonds is 4. The van der Waals surface area contributed by atoms with E-state index >= 15 is 0 Å². The minimum atomic E-state index is -0.440. The molecule has 7 heteroatoms. The molecule has 5 rings (SSSR count). The zero-order valence-corrected chi connectivity index (χ0v) is 18.2. The molecule has 1 aromatic heterocycles. The number of hydrogen-bond acceptors (Lipinski definition) is 5. The smallest absolute Gasteiger partial charge is 0.254 e. The van der Waals surface area contributed by atoms with Crippen molar-refractivity contribution in [1.29, 1.82) is 0 Å². The molecule has 1 N–H and O–H groups in total. The first-order chi connectivity index (χ1) is 15.7. The molecule has 170 valence electrons. The van der Waals surface area contributed by atoms with Crippen molar-refractivity contribution in [2.45, 2.75) is 55.8 Å². The van der Waals surface area contributed by atoms with Crippen LogP contribution in [0.2, 0.25) is 0 Å². The van der Waals surface area contributed by atoms with Gasteiger partial charge in [0.2, 0.25) is 5.91 Å². The lowest BCUT2D eigenvalue weighted by Crippen LogP contribution is -2.48. The van der Waals surface area contributed by atoms with Crippen LogP contribution < -0.4 is 5.32 Å². The van der Waals surface area contributed by atoms with Gasteiger partial charge in [0.1, 0.15) is 18.5 Å². The molecular formula is C25H30N2O5. The van der Waals surface area contributed by atoms with E-state index in [9.17, 15) is 9.59 Å². The first-order valence-electron chi connectivity index (χ1n) is 11.6. The minimum absolute atomic E-state index is 0.175. The summed E-state index contributed by atoms with van der Waals surface area (Å²) in [5, 5.41) is 2.93. The Hall–Kier alpha value is -2.64. The van der Waals surface area contributed by atoms with Crippen molar-refractivity contribution in [2.24, 2.45) is 0 Å². The van der Waals surface area contributed by atoms with E-state index in [1.54, 1.807) is 6.07 Å². The molecule has 0 radical (unpaired) electrons. The monoisotopic (exact) mass is 438 g/mol. The zero-order valence-electron chi connectivity index (χ0n) is 18.2. The summed E-state index contributed by atoms with van der Waals surface area (Å²) in [5.74, 6) is -0.00426. The van der Waals surface area contributed by atoms with Gasteiger partial charge in [-0.15, -0.1) is 0 Å². The molecule has 3 heterocycles. The summed E-state index contributed by atoms with van der Waals surface area (Å²) < 4.78 is 17.2. The molecule has 1 saturated carbocycles. The van der Waals surface area contributed by atoms with E-state index in [1.165, 1.54) is 18.9 Å². The topological polar surface area (TPSA) is 81.0 Å². The molecule has 3 fully saturated rings. The Morgan fingerprint density at radius 2 is 1.62 bits per heavy atom. The van der Waals surface area contributed by atoms with Crippen molar-refractivity contribution in [3.05, 3.63) is 60.1 Å². The van der Waals surface area contributed by atoms with Crippen molar-refractivity contribution in [3.8, 4) is 0 Å². The molecule has 2 saturated heterocycles. The van der Waals surface area contributed by atoms with Crippen LogP contribution in [0.15, 0.2) is 53.3 Å². The fourth-order valence-electron chi connectivity index (χ4n) is 5.34. The van der Waals surface area contributed by atoms with Crippen molar-refractivity contribution >= 4 is 11.8 Å². The second kappa shape index (κ2) is 9.08. The number of fused-ring (bicyclic) bond motifs is 1.